The molecule has 0 radical (unpaired) electrons. The normalized spacial score (nSPS) is 22.1. The van der Waals surface area contributed by atoms with Crippen LogP contribution in [0.4, 0.5) is 11.6 Å². The Morgan fingerprint density at radius 3 is 2.77 bits per heavy atom. The van der Waals surface area contributed by atoms with Gasteiger partial charge in [0.1, 0.15) is 23.2 Å². The quantitative estimate of drug-likeness (QED) is 0.602. The van der Waals surface area contributed by atoms with Crippen LogP contribution < -0.4 is 15.5 Å². The molecule has 3 aliphatic heterocycles. The van der Waals surface area contributed by atoms with E-state index >= 15 is 0 Å². The first kappa shape index (κ1) is 22.2. The molecule has 1 saturated heterocycles. The van der Waals surface area contributed by atoms with Gasteiger partial charge in [-0.2, -0.15) is 0 Å². The Labute approximate surface area is 205 Å². The lowest BCUT2D eigenvalue weighted by Gasteiger charge is -2.24. The maximum Gasteiger partial charge on any atom is 0.260 e. The van der Waals surface area contributed by atoms with Gasteiger partial charge in [-0.25, -0.2) is 9.97 Å². The fourth-order valence-electron chi connectivity index (χ4n) is 5.85. The zero-order chi connectivity index (χ0) is 24.3. The van der Waals surface area contributed by atoms with Crippen molar-refractivity contribution in [2.45, 2.75) is 77.5 Å². The van der Waals surface area contributed by atoms with Gasteiger partial charge >= 0.3 is 0 Å². The van der Waals surface area contributed by atoms with E-state index in [4.69, 9.17) is 15.7 Å². The van der Waals surface area contributed by atoms with Crippen LogP contribution in [0.2, 0.25) is 0 Å². The summed E-state index contributed by atoms with van der Waals surface area (Å²) in [4.78, 5) is 27.5. The van der Waals surface area contributed by atoms with E-state index < -0.39 is 0 Å². The van der Waals surface area contributed by atoms with Gasteiger partial charge in [0.2, 0.25) is 0 Å². The molecule has 6 heterocycles. The lowest BCUT2D eigenvalue weighted by molar-refractivity contribution is 0.0996. The van der Waals surface area contributed by atoms with E-state index in [1.165, 1.54) is 0 Å². The first-order valence-corrected chi connectivity index (χ1v) is 12.7. The average molecular weight is 473 g/mol. The lowest BCUT2D eigenvalue weighted by atomic mass is 10.0. The standard InChI is InChI=1S/C26H32N8O/c1-4-17-10-11-22-30-31-25(34(17)22)20-8-5-9-21(28-20)33-14-19-18(26(33)35)13-23(29-24(19)16(3)27)32-12-6-7-15(32)2/h5,8-9,13,15-17H,4,6-7,10-12,14,27H2,1-3H3/t15-,16?,17+/m1/s1. The maximum atomic E-state index is 13.7. The molecule has 6 rings (SSSR count). The predicted octanol–water partition coefficient (Wildman–Crippen LogP) is 3.80. The van der Waals surface area contributed by atoms with Crippen molar-refractivity contribution in [2.75, 3.05) is 16.3 Å². The highest BCUT2D eigenvalue weighted by molar-refractivity contribution is 6.10. The minimum Gasteiger partial charge on any atom is -0.354 e. The molecule has 3 aromatic rings. The van der Waals surface area contributed by atoms with Crippen LogP contribution in [0.25, 0.3) is 11.5 Å². The van der Waals surface area contributed by atoms with Gasteiger partial charge in [-0.15, -0.1) is 10.2 Å². The average Bonchev–Trinajstić information content (AvgIpc) is 3.63. The molecule has 1 fully saturated rings. The Morgan fingerprint density at radius 2 is 2.03 bits per heavy atom. The lowest BCUT2D eigenvalue weighted by Crippen LogP contribution is -2.28. The predicted molar refractivity (Wildman–Crippen MR) is 134 cm³/mol. The number of nitrogens with zero attached hydrogens (tertiary/aromatic N) is 7. The fourth-order valence-corrected chi connectivity index (χ4v) is 5.85. The molecule has 0 spiro atoms. The smallest absolute Gasteiger partial charge is 0.260 e. The Bertz CT molecular complexity index is 1300. The highest BCUT2D eigenvalue weighted by Crippen LogP contribution is 2.36. The van der Waals surface area contributed by atoms with Crippen LogP contribution in [-0.4, -0.2) is 43.2 Å². The number of aryl methyl sites for hydroxylation is 1. The van der Waals surface area contributed by atoms with Crippen molar-refractivity contribution in [3.8, 4) is 11.5 Å². The number of anilines is 2. The van der Waals surface area contributed by atoms with E-state index in [1.54, 1.807) is 4.90 Å². The highest BCUT2D eigenvalue weighted by atomic mass is 16.2. The molecular weight excluding hydrogens is 440 g/mol. The highest BCUT2D eigenvalue weighted by Gasteiger charge is 2.35. The van der Waals surface area contributed by atoms with Crippen molar-refractivity contribution < 1.29 is 4.79 Å². The van der Waals surface area contributed by atoms with Crippen molar-refractivity contribution in [3.05, 3.63) is 46.9 Å². The van der Waals surface area contributed by atoms with Crippen LogP contribution in [0.5, 0.6) is 0 Å². The summed E-state index contributed by atoms with van der Waals surface area (Å²) in [7, 11) is 0. The number of pyridine rings is 2. The molecule has 1 amide bonds. The number of hydrogen-bond donors (Lipinski definition) is 1. The zero-order valence-corrected chi connectivity index (χ0v) is 20.6. The molecule has 182 valence electrons. The van der Waals surface area contributed by atoms with Gasteiger partial charge in [0, 0.05) is 36.7 Å². The summed E-state index contributed by atoms with van der Waals surface area (Å²) >= 11 is 0. The molecule has 3 aromatic heterocycles. The minimum atomic E-state index is -0.266. The van der Waals surface area contributed by atoms with Crippen molar-refractivity contribution in [1.82, 2.24) is 24.7 Å². The second kappa shape index (κ2) is 8.41. The number of carbonyl (C=O) groups excluding carboxylic acids is 1. The Hall–Kier alpha value is -3.33. The van der Waals surface area contributed by atoms with Crippen molar-refractivity contribution >= 4 is 17.5 Å². The molecule has 1 unspecified atom stereocenters. The third-order valence-corrected chi connectivity index (χ3v) is 7.76. The number of carbonyl (C=O) groups is 1. The van der Waals surface area contributed by atoms with E-state index in [1.807, 2.05) is 31.2 Å². The SMILES string of the molecule is CC[C@H]1CCc2nnc(-c3cccc(N4Cc5c(cc(N6CCC[C@H]6C)nc5C(C)N)C4=O)n3)n21. The van der Waals surface area contributed by atoms with Crippen molar-refractivity contribution in [1.29, 1.82) is 0 Å². The molecule has 0 saturated carbocycles. The van der Waals surface area contributed by atoms with Gasteiger partial charge in [-0.05, 0) is 57.7 Å². The van der Waals surface area contributed by atoms with Crippen LogP contribution in [-0.2, 0) is 13.0 Å². The molecule has 0 bridgehead atoms. The van der Waals surface area contributed by atoms with Gasteiger partial charge in [-0.3, -0.25) is 9.69 Å². The van der Waals surface area contributed by atoms with Gasteiger partial charge in [-0.1, -0.05) is 13.0 Å². The summed E-state index contributed by atoms with van der Waals surface area (Å²) in [5, 5.41) is 8.84. The number of hydrogen-bond acceptors (Lipinski definition) is 7. The number of fused-ring (bicyclic) bond motifs is 2. The fraction of sp³-hybridized carbons (Fsp3) is 0.500. The molecule has 3 aliphatic rings. The summed E-state index contributed by atoms with van der Waals surface area (Å²) in [6.45, 7) is 7.70. The van der Waals surface area contributed by atoms with E-state index in [2.05, 4.69) is 33.5 Å². The summed E-state index contributed by atoms with van der Waals surface area (Å²) in [5.41, 5.74) is 9.46. The van der Waals surface area contributed by atoms with Gasteiger partial charge in [0.25, 0.3) is 5.91 Å². The van der Waals surface area contributed by atoms with Crippen LogP contribution in [0.15, 0.2) is 24.3 Å². The molecule has 0 aromatic carbocycles. The Morgan fingerprint density at radius 1 is 1.17 bits per heavy atom. The van der Waals surface area contributed by atoms with Gasteiger partial charge in [0.05, 0.1) is 17.8 Å². The monoisotopic (exact) mass is 472 g/mol. The Balaban J connectivity index is 1.37. The second-order valence-electron chi connectivity index (χ2n) is 10.0. The summed E-state index contributed by atoms with van der Waals surface area (Å²) < 4.78 is 2.22. The molecule has 2 N–H and O–H groups in total. The molecule has 3 atom stereocenters. The van der Waals surface area contributed by atoms with E-state index in [0.717, 1.165) is 73.1 Å². The van der Waals surface area contributed by atoms with Crippen LogP contribution >= 0.6 is 0 Å². The van der Waals surface area contributed by atoms with Crippen molar-refractivity contribution in [2.24, 2.45) is 5.73 Å². The van der Waals surface area contributed by atoms with Crippen LogP contribution in [0, 0.1) is 0 Å². The van der Waals surface area contributed by atoms with E-state index in [-0.39, 0.29) is 11.9 Å². The van der Waals surface area contributed by atoms with Crippen molar-refractivity contribution in [3.63, 3.8) is 0 Å². The molecule has 0 aliphatic carbocycles. The topological polar surface area (TPSA) is 106 Å². The molecular formula is C26H32N8O. The number of rotatable bonds is 5. The third kappa shape index (κ3) is 3.52. The van der Waals surface area contributed by atoms with Crippen LogP contribution in [0.1, 0.15) is 86.0 Å². The number of aromatic nitrogens is 5. The Kier molecular flexibility index (Phi) is 5.32. The molecule has 35 heavy (non-hydrogen) atoms. The molecule has 9 heteroatoms. The van der Waals surface area contributed by atoms with Gasteiger partial charge < -0.3 is 15.2 Å². The van der Waals surface area contributed by atoms with Crippen LogP contribution in [0.3, 0.4) is 0 Å². The van der Waals surface area contributed by atoms with E-state index in [9.17, 15) is 4.79 Å². The van der Waals surface area contributed by atoms with Gasteiger partial charge in [0.15, 0.2) is 5.82 Å². The minimum absolute atomic E-state index is 0.0556. The number of nitrogens with two attached hydrogens (primary N) is 1. The summed E-state index contributed by atoms with van der Waals surface area (Å²) in [5.74, 6) is 3.19. The third-order valence-electron chi connectivity index (χ3n) is 7.76. The second-order valence-corrected chi connectivity index (χ2v) is 10.0. The van der Waals surface area contributed by atoms with E-state index in [0.29, 0.717) is 30.0 Å². The first-order valence-electron chi connectivity index (χ1n) is 12.7. The maximum absolute atomic E-state index is 13.7. The summed E-state index contributed by atoms with van der Waals surface area (Å²) in [6.07, 6.45) is 5.32. The zero-order valence-electron chi connectivity index (χ0n) is 20.6. The summed E-state index contributed by atoms with van der Waals surface area (Å²) in [6, 6.07) is 8.25. The largest absolute Gasteiger partial charge is 0.354 e. The number of amides is 1. The molecule has 9 nitrogen and oxygen atoms in total. The first-order chi connectivity index (χ1) is 17.0.